The van der Waals surface area contributed by atoms with Crippen LogP contribution in [-0.2, 0) is 16.6 Å². The molecule has 1 atom stereocenters. The average Bonchev–Trinajstić information content (AvgIpc) is 3.16. The van der Waals surface area contributed by atoms with Crippen molar-refractivity contribution in [3.63, 3.8) is 0 Å². The molecule has 1 saturated heterocycles. The minimum absolute atomic E-state index is 0.0324. The highest BCUT2D eigenvalue weighted by atomic mass is 35.5. The number of ether oxygens (including phenoxy) is 1. The predicted molar refractivity (Wildman–Crippen MR) is 108 cm³/mol. The molecule has 6 nitrogen and oxygen atoms in total. The quantitative estimate of drug-likeness (QED) is 0.671. The maximum atomic E-state index is 13.6. The third-order valence-corrected chi connectivity index (χ3v) is 7.04. The number of benzene rings is 2. The van der Waals surface area contributed by atoms with Gasteiger partial charge in [0.15, 0.2) is 6.19 Å². The molecule has 0 amide bonds. The van der Waals surface area contributed by atoms with Crippen LogP contribution in [0.4, 0.5) is 0 Å². The molecule has 0 aliphatic carbocycles. The van der Waals surface area contributed by atoms with Crippen molar-refractivity contribution in [2.45, 2.75) is 30.8 Å². The first-order chi connectivity index (χ1) is 13.3. The molecule has 1 heterocycles. The summed E-state index contributed by atoms with van der Waals surface area (Å²) >= 11 is 6.08. The zero-order valence-electron chi connectivity index (χ0n) is 15.8. The maximum absolute atomic E-state index is 13.6. The molecule has 1 aliphatic rings. The number of nitriles is 1. The van der Waals surface area contributed by atoms with Gasteiger partial charge in [-0.25, -0.2) is 8.42 Å². The monoisotopic (exact) mass is 419 g/mol. The third-order valence-electron chi connectivity index (χ3n) is 4.88. The molecule has 1 aliphatic heterocycles. The van der Waals surface area contributed by atoms with Gasteiger partial charge in [-0.1, -0.05) is 41.4 Å². The molecule has 0 radical (unpaired) electrons. The van der Waals surface area contributed by atoms with Gasteiger partial charge in [0.1, 0.15) is 10.6 Å². The number of halogens is 1. The zero-order chi connectivity index (χ0) is 20.3. The van der Waals surface area contributed by atoms with E-state index in [9.17, 15) is 13.7 Å². The molecule has 2 aromatic rings. The van der Waals surface area contributed by atoms with E-state index in [-0.39, 0.29) is 23.2 Å². The van der Waals surface area contributed by atoms with Gasteiger partial charge in [-0.05, 0) is 37.1 Å². The van der Waals surface area contributed by atoms with E-state index in [0.717, 1.165) is 11.1 Å². The fraction of sp³-hybridized carbons (Fsp3) is 0.350. The number of likely N-dealkylation sites (tertiary alicyclic amines) is 1. The second-order valence-electron chi connectivity index (χ2n) is 6.82. The summed E-state index contributed by atoms with van der Waals surface area (Å²) in [4.78, 5) is 1.61. The van der Waals surface area contributed by atoms with Gasteiger partial charge in [-0.15, -0.1) is 0 Å². The number of aryl methyl sites for hydroxylation is 1. The van der Waals surface area contributed by atoms with E-state index in [4.69, 9.17) is 16.3 Å². The molecule has 0 aromatic heterocycles. The molecule has 28 heavy (non-hydrogen) atoms. The number of hydrogen-bond donors (Lipinski definition) is 0. The molecule has 0 saturated carbocycles. The van der Waals surface area contributed by atoms with E-state index < -0.39 is 10.0 Å². The van der Waals surface area contributed by atoms with Crippen LogP contribution in [0.5, 0.6) is 5.75 Å². The molecule has 1 fully saturated rings. The fourth-order valence-electron chi connectivity index (χ4n) is 3.33. The number of sulfonamides is 1. The van der Waals surface area contributed by atoms with E-state index in [1.54, 1.807) is 17.0 Å². The highest BCUT2D eigenvalue weighted by Gasteiger charge is 2.37. The first-order valence-corrected chi connectivity index (χ1v) is 10.7. The summed E-state index contributed by atoms with van der Waals surface area (Å²) in [6.07, 6.45) is 2.69. The van der Waals surface area contributed by atoms with Crippen LogP contribution >= 0.6 is 11.6 Å². The molecule has 148 valence electrons. The minimum Gasteiger partial charge on any atom is -0.495 e. The summed E-state index contributed by atoms with van der Waals surface area (Å²) < 4.78 is 33.9. The minimum atomic E-state index is -3.90. The Labute approximate surface area is 170 Å². The van der Waals surface area contributed by atoms with E-state index in [2.05, 4.69) is 6.19 Å². The second-order valence-corrected chi connectivity index (χ2v) is 9.11. The molecular weight excluding hydrogens is 398 g/mol. The summed E-state index contributed by atoms with van der Waals surface area (Å²) in [5.74, 6) is 0.244. The Balaban J connectivity index is 2.03. The fourth-order valence-corrected chi connectivity index (χ4v) is 5.38. The van der Waals surface area contributed by atoms with Crippen LogP contribution in [0.2, 0.25) is 5.02 Å². The highest BCUT2D eigenvalue weighted by molar-refractivity contribution is 7.89. The van der Waals surface area contributed by atoms with Gasteiger partial charge >= 0.3 is 0 Å². The maximum Gasteiger partial charge on any atom is 0.247 e. The lowest BCUT2D eigenvalue weighted by Gasteiger charge is -2.28. The average molecular weight is 420 g/mol. The van der Waals surface area contributed by atoms with Gasteiger partial charge < -0.3 is 9.64 Å². The van der Waals surface area contributed by atoms with Crippen LogP contribution in [0.25, 0.3) is 0 Å². The van der Waals surface area contributed by atoms with Crippen molar-refractivity contribution in [3.8, 4) is 11.9 Å². The van der Waals surface area contributed by atoms with E-state index in [1.807, 2.05) is 31.2 Å². The zero-order valence-corrected chi connectivity index (χ0v) is 17.4. The molecule has 8 heteroatoms. The van der Waals surface area contributed by atoms with Crippen LogP contribution in [0.15, 0.2) is 47.4 Å². The van der Waals surface area contributed by atoms with Crippen molar-refractivity contribution in [1.29, 1.82) is 5.26 Å². The van der Waals surface area contributed by atoms with Crippen molar-refractivity contribution >= 4 is 21.6 Å². The van der Waals surface area contributed by atoms with E-state index in [0.29, 0.717) is 24.5 Å². The largest absolute Gasteiger partial charge is 0.495 e. The lowest BCUT2D eigenvalue weighted by atomic mass is 10.1. The Bertz CT molecular complexity index is 987. The van der Waals surface area contributed by atoms with Gasteiger partial charge in [-0.3, -0.25) is 0 Å². The first-order valence-electron chi connectivity index (χ1n) is 8.90. The SMILES string of the molecule is COc1ccc(Cl)cc1S(=O)(=O)N(Cc1ccc(C)cc1)[C@@H]1CCN(C#N)C1. The summed E-state index contributed by atoms with van der Waals surface area (Å²) in [5.41, 5.74) is 1.98. The standard InChI is InChI=1S/C20H22ClN3O3S/c1-15-3-5-16(6-4-15)12-24(18-9-10-23(13-18)14-22)28(25,26)20-11-17(21)7-8-19(20)27-2/h3-8,11,18H,9-10,12-13H2,1-2H3/t18-/m1/s1. The van der Waals surface area contributed by atoms with Gasteiger partial charge in [0.2, 0.25) is 10.0 Å². The van der Waals surface area contributed by atoms with Crippen molar-refractivity contribution in [3.05, 3.63) is 58.6 Å². The highest BCUT2D eigenvalue weighted by Crippen LogP contribution is 2.33. The number of nitrogens with zero attached hydrogens (tertiary/aromatic N) is 3. The number of hydrogen-bond acceptors (Lipinski definition) is 5. The van der Waals surface area contributed by atoms with Crippen molar-refractivity contribution in [2.75, 3.05) is 20.2 Å². The molecule has 0 N–H and O–H groups in total. The Morgan fingerprint density at radius 1 is 1.29 bits per heavy atom. The molecule has 0 unspecified atom stereocenters. The predicted octanol–water partition coefficient (Wildman–Crippen LogP) is 3.40. The molecule has 3 rings (SSSR count). The van der Waals surface area contributed by atoms with Gasteiger partial charge in [0, 0.05) is 30.7 Å². The van der Waals surface area contributed by atoms with Crippen molar-refractivity contribution in [1.82, 2.24) is 9.21 Å². The van der Waals surface area contributed by atoms with E-state index in [1.165, 1.54) is 17.5 Å². The Morgan fingerprint density at radius 3 is 2.61 bits per heavy atom. The summed E-state index contributed by atoms with van der Waals surface area (Å²) in [6, 6.07) is 12.0. The van der Waals surface area contributed by atoms with Crippen molar-refractivity contribution in [2.24, 2.45) is 0 Å². The lowest BCUT2D eigenvalue weighted by molar-refractivity contribution is 0.312. The van der Waals surface area contributed by atoms with Gasteiger partial charge in [0.05, 0.1) is 7.11 Å². The lowest BCUT2D eigenvalue weighted by Crippen LogP contribution is -2.41. The van der Waals surface area contributed by atoms with Crippen LogP contribution in [0.1, 0.15) is 17.5 Å². The smallest absolute Gasteiger partial charge is 0.247 e. The topological polar surface area (TPSA) is 73.6 Å². The third kappa shape index (κ3) is 4.25. The summed E-state index contributed by atoms with van der Waals surface area (Å²) in [6.45, 7) is 3.09. The Hall–Kier alpha value is -2.27. The van der Waals surface area contributed by atoms with Crippen LogP contribution in [0.3, 0.4) is 0 Å². The molecular formula is C20H22ClN3O3S. The second kappa shape index (κ2) is 8.39. The molecule has 0 spiro atoms. The van der Waals surface area contributed by atoms with Crippen LogP contribution in [-0.4, -0.2) is 43.9 Å². The van der Waals surface area contributed by atoms with Gasteiger partial charge in [-0.2, -0.15) is 9.57 Å². The normalized spacial score (nSPS) is 17.0. The Kier molecular flexibility index (Phi) is 6.14. The summed E-state index contributed by atoms with van der Waals surface area (Å²) in [5, 5.41) is 9.51. The van der Waals surface area contributed by atoms with Crippen molar-refractivity contribution < 1.29 is 13.2 Å². The number of methoxy groups -OCH3 is 1. The number of rotatable bonds is 6. The molecule has 2 aromatic carbocycles. The first kappa shape index (κ1) is 20.5. The summed E-state index contributed by atoms with van der Waals surface area (Å²) in [7, 11) is -2.47. The Morgan fingerprint density at radius 2 is 2.00 bits per heavy atom. The van der Waals surface area contributed by atoms with Crippen LogP contribution < -0.4 is 4.74 Å². The van der Waals surface area contributed by atoms with Crippen LogP contribution in [0, 0.1) is 18.4 Å². The van der Waals surface area contributed by atoms with Gasteiger partial charge in [0.25, 0.3) is 0 Å². The molecule has 0 bridgehead atoms. The van der Waals surface area contributed by atoms with E-state index >= 15 is 0 Å².